The van der Waals surface area contributed by atoms with Gasteiger partial charge in [0, 0.05) is 10.6 Å². The summed E-state index contributed by atoms with van der Waals surface area (Å²) < 4.78 is 0. The van der Waals surface area contributed by atoms with Crippen LogP contribution in [-0.4, -0.2) is 24.2 Å². The Bertz CT molecular complexity index is 381. The molecule has 0 aliphatic heterocycles. The smallest absolute Gasteiger partial charge is 0.238 e. The van der Waals surface area contributed by atoms with Crippen LogP contribution in [0.2, 0.25) is 0 Å². The zero-order valence-electron chi connectivity index (χ0n) is 9.91. The first-order valence-corrected chi connectivity index (χ1v) is 6.15. The number of likely N-dealkylation sites (N-methyl/N-ethyl adjacent to an activating group) is 1. The van der Waals surface area contributed by atoms with Crippen molar-refractivity contribution in [1.82, 2.24) is 5.32 Å². The van der Waals surface area contributed by atoms with Gasteiger partial charge in [0.15, 0.2) is 0 Å². The van der Waals surface area contributed by atoms with Gasteiger partial charge in [-0.15, -0.1) is 11.8 Å². The Morgan fingerprint density at radius 3 is 2.62 bits per heavy atom. The summed E-state index contributed by atoms with van der Waals surface area (Å²) in [6, 6.07) is 8.11. The van der Waals surface area contributed by atoms with E-state index in [2.05, 4.69) is 24.4 Å². The highest BCUT2D eigenvalue weighted by Crippen LogP contribution is 2.25. The molecule has 16 heavy (non-hydrogen) atoms. The third kappa shape index (κ3) is 3.00. The van der Waals surface area contributed by atoms with Crippen LogP contribution in [0.25, 0.3) is 0 Å². The van der Waals surface area contributed by atoms with E-state index >= 15 is 0 Å². The molecule has 1 aromatic carbocycles. The molecule has 3 nitrogen and oxygen atoms in total. The first-order chi connectivity index (χ1) is 7.49. The van der Waals surface area contributed by atoms with Crippen LogP contribution in [0.3, 0.4) is 0 Å². The van der Waals surface area contributed by atoms with Gasteiger partial charge in [0.25, 0.3) is 0 Å². The molecule has 0 aliphatic carbocycles. The van der Waals surface area contributed by atoms with Crippen molar-refractivity contribution in [2.75, 3.05) is 12.8 Å². The molecule has 0 aliphatic rings. The number of carbonyl (C=O) groups is 1. The highest BCUT2D eigenvalue weighted by molar-refractivity contribution is 7.99. The van der Waals surface area contributed by atoms with Crippen molar-refractivity contribution in [2.45, 2.75) is 24.3 Å². The molecule has 0 aromatic heterocycles. The molecule has 0 spiro atoms. The summed E-state index contributed by atoms with van der Waals surface area (Å²) in [5.41, 5.74) is 5.93. The van der Waals surface area contributed by atoms with Gasteiger partial charge >= 0.3 is 0 Å². The van der Waals surface area contributed by atoms with Crippen molar-refractivity contribution < 1.29 is 4.79 Å². The molecule has 4 heteroatoms. The van der Waals surface area contributed by atoms with E-state index in [1.165, 1.54) is 10.5 Å². The Morgan fingerprint density at radius 1 is 1.50 bits per heavy atom. The van der Waals surface area contributed by atoms with Gasteiger partial charge in [0.1, 0.15) is 5.54 Å². The number of rotatable bonds is 5. The Balaban J connectivity index is 2.71. The van der Waals surface area contributed by atoms with Crippen molar-refractivity contribution in [3.05, 3.63) is 29.8 Å². The topological polar surface area (TPSA) is 55.1 Å². The summed E-state index contributed by atoms with van der Waals surface area (Å²) >= 11 is 1.64. The average molecular weight is 238 g/mol. The van der Waals surface area contributed by atoms with Crippen LogP contribution in [0.4, 0.5) is 0 Å². The van der Waals surface area contributed by atoms with Crippen LogP contribution < -0.4 is 11.1 Å². The molecular weight excluding hydrogens is 220 g/mol. The predicted octanol–water partition coefficient (Wildman–Crippen LogP) is 1.55. The van der Waals surface area contributed by atoms with Crippen LogP contribution in [0.5, 0.6) is 0 Å². The third-order valence-corrected chi connectivity index (χ3v) is 4.20. The van der Waals surface area contributed by atoms with Crippen molar-refractivity contribution in [1.29, 1.82) is 0 Å². The summed E-state index contributed by atoms with van der Waals surface area (Å²) in [4.78, 5) is 12.5. The summed E-state index contributed by atoms with van der Waals surface area (Å²) in [5.74, 6) is 0.306. The van der Waals surface area contributed by atoms with Crippen LogP contribution in [-0.2, 0) is 4.79 Å². The lowest BCUT2D eigenvalue weighted by Crippen LogP contribution is -2.53. The van der Waals surface area contributed by atoms with Crippen molar-refractivity contribution in [2.24, 2.45) is 5.73 Å². The molecule has 0 radical (unpaired) electrons. The number of amides is 1. The van der Waals surface area contributed by atoms with Crippen LogP contribution in [0.1, 0.15) is 12.5 Å². The number of benzene rings is 1. The molecule has 0 saturated heterocycles. The highest BCUT2D eigenvalue weighted by atomic mass is 32.2. The van der Waals surface area contributed by atoms with E-state index in [-0.39, 0.29) is 5.91 Å². The zero-order chi connectivity index (χ0) is 12.2. The molecule has 1 amide bonds. The van der Waals surface area contributed by atoms with E-state index in [0.717, 1.165) is 0 Å². The molecule has 0 bridgehead atoms. The number of hydrogen-bond acceptors (Lipinski definition) is 3. The molecule has 88 valence electrons. The van der Waals surface area contributed by atoms with Crippen molar-refractivity contribution in [3.8, 4) is 0 Å². The van der Waals surface area contributed by atoms with Gasteiger partial charge in [-0.1, -0.05) is 18.2 Å². The van der Waals surface area contributed by atoms with Gasteiger partial charge in [-0.3, -0.25) is 4.79 Å². The molecule has 1 aromatic rings. The second kappa shape index (κ2) is 5.37. The van der Waals surface area contributed by atoms with Crippen molar-refractivity contribution in [3.63, 3.8) is 0 Å². The maximum absolute atomic E-state index is 11.3. The molecule has 1 unspecified atom stereocenters. The fourth-order valence-corrected chi connectivity index (χ4v) is 2.41. The van der Waals surface area contributed by atoms with E-state index in [1.54, 1.807) is 18.8 Å². The van der Waals surface area contributed by atoms with E-state index in [0.29, 0.717) is 5.75 Å². The van der Waals surface area contributed by atoms with Gasteiger partial charge in [-0.25, -0.2) is 0 Å². The minimum absolute atomic E-state index is 0.323. The maximum Gasteiger partial charge on any atom is 0.238 e. The monoisotopic (exact) mass is 238 g/mol. The number of carbonyl (C=O) groups excluding carboxylic acids is 1. The minimum atomic E-state index is -0.660. The number of aryl methyl sites for hydroxylation is 1. The quantitative estimate of drug-likeness (QED) is 0.765. The first kappa shape index (κ1) is 13.1. The lowest BCUT2D eigenvalue weighted by molar-refractivity contribution is -0.122. The van der Waals surface area contributed by atoms with E-state index in [1.807, 2.05) is 19.1 Å². The molecule has 3 N–H and O–H groups in total. The van der Waals surface area contributed by atoms with E-state index < -0.39 is 5.54 Å². The fourth-order valence-electron chi connectivity index (χ4n) is 1.21. The van der Waals surface area contributed by atoms with Gasteiger partial charge in [-0.05, 0) is 32.5 Å². The van der Waals surface area contributed by atoms with Crippen LogP contribution >= 0.6 is 11.8 Å². The minimum Gasteiger partial charge on any atom is -0.368 e. The number of nitrogens with one attached hydrogen (secondary N) is 1. The van der Waals surface area contributed by atoms with Gasteiger partial charge in [0.05, 0.1) is 0 Å². The summed E-state index contributed by atoms with van der Waals surface area (Å²) in [7, 11) is 1.75. The fraction of sp³-hybridized carbons (Fsp3) is 0.417. The number of nitrogens with two attached hydrogens (primary N) is 1. The highest BCUT2D eigenvalue weighted by Gasteiger charge is 2.28. The van der Waals surface area contributed by atoms with E-state index in [4.69, 9.17) is 5.73 Å². The molecule has 1 rings (SSSR count). The molecule has 0 saturated carbocycles. The Hall–Kier alpha value is -1.00. The molecule has 1 atom stereocenters. The zero-order valence-corrected chi connectivity index (χ0v) is 10.7. The molecular formula is C12H18N2OS. The van der Waals surface area contributed by atoms with Crippen molar-refractivity contribution >= 4 is 17.7 Å². The van der Waals surface area contributed by atoms with E-state index in [9.17, 15) is 4.79 Å². The molecule has 0 heterocycles. The average Bonchev–Trinajstić information content (AvgIpc) is 2.27. The Labute approximate surface area is 101 Å². The molecule has 0 fully saturated rings. The van der Waals surface area contributed by atoms with Gasteiger partial charge < -0.3 is 11.1 Å². The summed E-state index contributed by atoms with van der Waals surface area (Å²) in [6.07, 6.45) is 0. The Morgan fingerprint density at radius 2 is 2.12 bits per heavy atom. The summed E-state index contributed by atoms with van der Waals surface area (Å²) in [5, 5.41) is 2.97. The lowest BCUT2D eigenvalue weighted by Gasteiger charge is -2.25. The SMILES string of the molecule is CNC(C)(CSc1ccccc1C)C(N)=O. The lowest BCUT2D eigenvalue weighted by atomic mass is 10.1. The second-order valence-electron chi connectivity index (χ2n) is 4.00. The largest absolute Gasteiger partial charge is 0.368 e. The first-order valence-electron chi connectivity index (χ1n) is 5.17. The number of hydrogen-bond donors (Lipinski definition) is 2. The van der Waals surface area contributed by atoms with Crippen LogP contribution in [0, 0.1) is 6.92 Å². The third-order valence-electron chi connectivity index (χ3n) is 2.71. The summed E-state index contributed by atoms with van der Waals surface area (Å²) in [6.45, 7) is 3.88. The second-order valence-corrected chi connectivity index (χ2v) is 5.02. The van der Waals surface area contributed by atoms with Crippen LogP contribution in [0.15, 0.2) is 29.2 Å². The van der Waals surface area contributed by atoms with Gasteiger partial charge in [-0.2, -0.15) is 0 Å². The number of thioether (sulfide) groups is 1. The number of primary amides is 1. The normalized spacial score (nSPS) is 14.4. The maximum atomic E-state index is 11.3. The Kier molecular flexibility index (Phi) is 4.38. The van der Waals surface area contributed by atoms with Gasteiger partial charge in [0.2, 0.25) is 5.91 Å². The standard InChI is InChI=1S/C12H18N2OS/c1-9-6-4-5-7-10(9)16-8-12(2,14-3)11(13)15/h4-7,14H,8H2,1-3H3,(H2,13,15). The predicted molar refractivity (Wildman–Crippen MR) is 68.6 cm³/mol.